The van der Waals surface area contributed by atoms with Crippen LogP contribution < -0.4 is 21.1 Å². The summed E-state index contributed by atoms with van der Waals surface area (Å²) < 4.78 is 5.45. The van der Waals surface area contributed by atoms with Crippen molar-refractivity contribution in [1.82, 2.24) is 20.6 Å². The highest BCUT2D eigenvalue weighted by Gasteiger charge is 2.29. The van der Waals surface area contributed by atoms with Crippen molar-refractivity contribution in [2.24, 2.45) is 0 Å². The summed E-state index contributed by atoms with van der Waals surface area (Å²) >= 11 is 1.53. The van der Waals surface area contributed by atoms with Gasteiger partial charge in [-0.3, -0.25) is 9.59 Å². The number of H-pyrrole nitrogens is 1. The van der Waals surface area contributed by atoms with Gasteiger partial charge in [0.25, 0.3) is 11.5 Å². The van der Waals surface area contributed by atoms with Crippen LogP contribution in [-0.4, -0.2) is 46.2 Å². The minimum absolute atomic E-state index is 0.0762. The first-order chi connectivity index (χ1) is 19.9. The van der Waals surface area contributed by atoms with Gasteiger partial charge in [-0.2, -0.15) is 0 Å². The number of aryl methyl sites for hydroxylation is 2. The van der Waals surface area contributed by atoms with Crippen LogP contribution in [0, 0.1) is 20.8 Å². The van der Waals surface area contributed by atoms with Crippen LogP contribution in [0.4, 0.5) is 10.5 Å². The fourth-order valence-electron chi connectivity index (χ4n) is 5.72. The van der Waals surface area contributed by atoms with Crippen molar-refractivity contribution in [3.05, 3.63) is 68.1 Å². The number of amides is 2. The minimum Gasteiger partial charge on any atom is -0.444 e. The van der Waals surface area contributed by atoms with Crippen LogP contribution in [0.3, 0.4) is 0 Å². The summed E-state index contributed by atoms with van der Waals surface area (Å²) in [4.78, 5) is 48.2. The molecule has 1 fully saturated rings. The maximum Gasteiger partial charge on any atom is 0.407 e. The molecular weight excluding hydrogens is 550 g/mol. The summed E-state index contributed by atoms with van der Waals surface area (Å²) in [6.07, 6.45) is 4.91. The largest absolute Gasteiger partial charge is 0.444 e. The van der Waals surface area contributed by atoms with Crippen LogP contribution in [0.15, 0.2) is 34.6 Å². The molecule has 0 radical (unpaired) electrons. The van der Waals surface area contributed by atoms with Crippen molar-refractivity contribution < 1.29 is 14.3 Å². The van der Waals surface area contributed by atoms with Crippen molar-refractivity contribution in [2.45, 2.75) is 98.4 Å². The number of hydrogen-bond acceptors (Lipinski definition) is 7. The Labute approximate surface area is 252 Å². The van der Waals surface area contributed by atoms with E-state index in [2.05, 4.69) is 38.5 Å². The average molecular weight is 594 g/mol. The molecule has 0 saturated heterocycles. The summed E-state index contributed by atoms with van der Waals surface area (Å²) in [6, 6.07) is 6.28. The van der Waals surface area contributed by atoms with Gasteiger partial charge in [0, 0.05) is 64.8 Å². The van der Waals surface area contributed by atoms with Crippen LogP contribution in [-0.2, 0) is 11.3 Å². The van der Waals surface area contributed by atoms with Crippen molar-refractivity contribution >= 4 is 29.0 Å². The quantitative estimate of drug-likeness (QED) is 0.294. The number of thiazole rings is 1. The molecule has 1 aromatic carbocycles. The lowest BCUT2D eigenvalue weighted by molar-refractivity contribution is 0.0491. The maximum atomic E-state index is 13.6. The summed E-state index contributed by atoms with van der Waals surface area (Å²) in [6.45, 7) is 14.3. The Balaban J connectivity index is 1.56. The number of aromatic amines is 1. The number of benzene rings is 1. The predicted molar refractivity (Wildman–Crippen MR) is 168 cm³/mol. The van der Waals surface area contributed by atoms with E-state index < -0.39 is 5.60 Å². The molecular formula is C32H43N5O4S. The van der Waals surface area contributed by atoms with Gasteiger partial charge in [0.15, 0.2) is 0 Å². The normalized spacial score (nSPS) is 17.0. The summed E-state index contributed by atoms with van der Waals surface area (Å²) in [5.74, 6) is -0.229. The zero-order chi connectivity index (χ0) is 30.6. The van der Waals surface area contributed by atoms with E-state index in [1.165, 1.54) is 11.3 Å². The first-order valence-corrected chi connectivity index (χ1v) is 15.5. The van der Waals surface area contributed by atoms with E-state index in [-0.39, 0.29) is 36.2 Å². The SMILES string of the molecule is CCN(c1cc(-c2nccs2)cc(C(=O)NCc2c(C)cc(C)[nH]c2=O)c1C)[C@H]1CC[C@H](NC(=O)OC(C)(C)C)CC1. The molecule has 3 aromatic rings. The molecule has 0 aliphatic heterocycles. The molecule has 0 spiro atoms. The Kier molecular flexibility index (Phi) is 9.76. The highest BCUT2D eigenvalue weighted by atomic mass is 32.1. The lowest BCUT2D eigenvalue weighted by Gasteiger charge is -2.39. The molecule has 3 N–H and O–H groups in total. The molecule has 10 heteroatoms. The Morgan fingerprint density at radius 1 is 1.12 bits per heavy atom. The van der Waals surface area contributed by atoms with E-state index >= 15 is 0 Å². The molecule has 1 aliphatic rings. The second kappa shape index (κ2) is 13.1. The highest BCUT2D eigenvalue weighted by molar-refractivity contribution is 7.13. The number of aromatic nitrogens is 2. The van der Waals surface area contributed by atoms with E-state index in [1.807, 2.05) is 59.1 Å². The maximum absolute atomic E-state index is 13.6. The Bertz CT molecular complexity index is 1470. The third-order valence-corrected chi connectivity index (χ3v) is 8.55. The fourth-order valence-corrected chi connectivity index (χ4v) is 6.35. The topological polar surface area (TPSA) is 116 Å². The van der Waals surface area contributed by atoms with E-state index in [0.29, 0.717) is 11.1 Å². The van der Waals surface area contributed by atoms with Crippen LogP contribution in [0.5, 0.6) is 0 Å². The molecule has 0 bridgehead atoms. The third-order valence-electron chi connectivity index (χ3n) is 7.73. The van der Waals surface area contributed by atoms with E-state index in [4.69, 9.17) is 4.74 Å². The molecule has 2 aromatic heterocycles. The smallest absolute Gasteiger partial charge is 0.407 e. The summed E-state index contributed by atoms with van der Waals surface area (Å²) in [5.41, 5.74) is 4.82. The number of alkyl carbamates (subject to hydrolysis) is 1. The Morgan fingerprint density at radius 2 is 1.83 bits per heavy atom. The number of pyridine rings is 1. The van der Waals surface area contributed by atoms with Gasteiger partial charge in [-0.1, -0.05) is 0 Å². The first kappa shape index (κ1) is 31.3. The Morgan fingerprint density at radius 3 is 2.43 bits per heavy atom. The zero-order valence-electron chi connectivity index (χ0n) is 25.7. The van der Waals surface area contributed by atoms with Gasteiger partial charge in [0.05, 0.1) is 0 Å². The number of carbonyl (C=O) groups excluding carboxylic acids is 2. The van der Waals surface area contributed by atoms with Crippen LogP contribution in [0.1, 0.15) is 86.1 Å². The molecule has 0 atom stereocenters. The molecule has 1 aliphatic carbocycles. The van der Waals surface area contributed by atoms with Crippen molar-refractivity contribution in [3.8, 4) is 10.6 Å². The van der Waals surface area contributed by atoms with Gasteiger partial charge in [0.1, 0.15) is 10.6 Å². The van der Waals surface area contributed by atoms with E-state index in [0.717, 1.165) is 65.3 Å². The Hall–Kier alpha value is -3.66. The van der Waals surface area contributed by atoms with Crippen molar-refractivity contribution in [2.75, 3.05) is 11.4 Å². The number of anilines is 1. The van der Waals surface area contributed by atoms with E-state index in [1.54, 1.807) is 6.20 Å². The number of ether oxygens (including phenoxy) is 1. The molecule has 4 rings (SSSR count). The summed E-state index contributed by atoms with van der Waals surface area (Å²) in [5, 5.41) is 8.79. The van der Waals surface area contributed by atoms with Gasteiger partial charge in [-0.05, 0) is 103 Å². The molecule has 1 saturated carbocycles. The fraction of sp³-hybridized carbons (Fsp3) is 0.500. The third kappa shape index (κ3) is 7.59. The first-order valence-electron chi connectivity index (χ1n) is 14.6. The van der Waals surface area contributed by atoms with Crippen molar-refractivity contribution in [1.29, 1.82) is 0 Å². The second-order valence-electron chi connectivity index (χ2n) is 12.1. The number of carbonyl (C=O) groups is 2. The van der Waals surface area contributed by atoms with Gasteiger partial charge in [0.2, 0.25) is 0 Å². The molecule has 0 unspecified atom stereocenters. The summed E-state index contributed by atoms with van der Waals surface area (Å²) in [7, 11) is 0. The van der Waals surface area contributed by atoms with E-state index in [9.17, 15) is 14.4 Å². The van der Waals surface area contributed by atoms with Crippen LogP contribution in [0.2, 0.25) is 0 Å². The lowest BCUT2D eigenvalue weighted by atomic mass is 9.89. The number of nitrogens with one attached hydrogen (secondary N) is 3. The van der Waals surface area contributed by atoms with Gasteiger partial charge >= 0.3 is 6.09 Å². The minimum atomic E-state index is -0.529. The molecule has 9 nitrogen and oxygen atoms in total. The monoisotopic (exact) mass is 593 g/mol. The molecule has 2 amide bonds. The number of hydrogen-bond donors (Lipinski definition) is 3. The lowest BCUT2D eigenvalue weighted by Crippen LogP contribution is -2.45. The average Bonchev–Trinajstić information content (AvgIpc) is 3.44. The number of rotatable bonds is 8. The van der Waals surface area contributed by atoms with Gasteiger partial charge < -0.3 is 25.3 Å². The molecule has 42 heavy (non-hydrogen) atoms. The van der Waals surface area contributed by atoms with Gasteiger partial charge in [-0.25, -0.2) is 9.78 Å². The standard InChI is InChI=1S/C32H43N5O4S/c1-8-37(24-11-9-23(10-12-24)36-31(40)41-32(5,6)7)27-17-22(30-33-13-14-42-30)16-25(21(27)4)28(38)34-18-26-19(2)15-20(3)35-29(26)39/h13-17,23-24H,8-12,18H2,1-7H3,(H,34,38)(H,35,39)(H,36,40)/t23-,24-. The molecule has 226 valence electrons. The second-order valence-corrected chi connectivity index (χ2v) is 13.0. The highest BCUT2D eigenvalue weighted by Crippen LogP contribution is 2.35. The molecule has 2 heterocycles. The van der Waals surface area contributed by atoms with Crippen molar-refractivity contribution in [3.63, 3.8) is 0 Å². The van der Waals surface area contributed by atoms with Crippen LogP contribution >= 0.6 is 11.3 Å². The zero-order valence-corrected chi connectivity index (χ0v) is 26.5. The number of nitrogens with zero attached hydrogens (tertiary/aromatic N) is 2. The van der Waals surface area contributed by atoms with Gasteiger partial charge in [-0.15, -0.1) is 11.3 Å². The van der Waals surface area contributed by atoms with Crippen LogP contribution in [0.25, 0.3) is 10.6 Å². The predicted octanol–water partition coefficient (Wildman–Crippen LogP) is 6.02.